The first-order valence-corrected chi connectivity index (χ1v) is 8.08. The van der Waals surface area contributed by atoms with Crippen molar-refractivity contribution in [3.8, 4) is 0 Å². The van der Waals surface area contributed by atoms with Gasteiger partial charge in [-0.05, 0) is 36.5 Å². The molecule has 2 fully saturated rings. The van der Waals surface area contributed by atoms with Crippen LogP contribution in [0.25, 0.3) is 0 Å². The Morgan fingerprint density at radius 1 is 1.30 bits per heavy atom. The summed E-state index contributed by atoms with van der Waals surface area (Å²) in [5.74, 6) is 1.14. The Morgan fingerprint density at radius 3 is 2.50 bits per heavy atom. The van der Waals surface area contributed by atoms with E-state index in [0.717, 1.165) is 25.2 Å². The average Bonchev–Trinajstić information content (AvgIpc) is 2.80. The number of hydrogen-bond acceptors (Lipinski definition) is 4. The number of hydroxylamine groups is 1. The van der Waals surface area contributed by atoms with Crippen molar-refractivity contribution in [2.24, 2.45) is 17.3 Å². The third kappa shape index (κ3) is 3.35. The van der Waals surface area contributed by atoms with E-state index >= 15 is 0 Å². The van der Waals surface area contributed by atoms with Crippen molar-refractivity contribution in [2.75, 3.05) is 13.2 Å². The van der Waals surface area contributed by atoms with Gasteiger partial charge in [0.15, 0.2) is 5.79 Å². The molecule has 1 saturated heterocycles. The Balaban J connectivity index is 1.85. The number of nitrogens with one attached hydrogen (secondary N) is 1. The van der Waals surface area contributed by atoms with Crippen molar-refractivity contribution < 1.29 is 14.7 Å². The van der Waals surface area contributed by atoms with Crippen LogP contribution in [-0.2, 0) is 9.47 Å². The molecule has 1 saturated carbocycles. The lowest BCUT2D eigenvalue weighted by atomic mass is 9.64. The van der Waals surface area contributed by atoms with E-state index in [-0.39, 0.29) is 11.9 Å². The molecule has 20 heavy (non-hydrogen) atoms. The maximum absolute atomic E-state index is 8.66. The van der Waals surface area contributed by atoms with Gasteiger partial charge < -0.3 is 14.7 Å². The Kier molecular flexibility index (Phi) is 5.11. The van der Waals surface area contributed by atoms with Crippen molar-refractivity contribution in [1.29, 1.82) is 0 Å². The van der Waals surface area contributed by atoms with E-state index in [1.165, 1.54) is 12.8 Å². The monoisotopic (exact) mass is 285 g/mol. The second-order valence-corrected chi connectivity index (χ2v) is 7.41. The number of rotatable bonds is 5. The van der Waals surface area contributed by atoms with E-state index in [4.69, 9.17) is 14.7 Å². The Bertz CT molecular complexity index is 309. The first-order chi connectivity index (χ1) is 9.39. The van der Waals surface area contributed by atoms with Crippen molar-refractivity contribution in [3.63, 3.8) is 0 Å². The van der Waals surface area contributed by atoms with E-state index in [0.29, 0.717) is 24.5 Å². The van der Waals surface area contributed by atoms with Gasteiger partial charge in [0.1, 0.15) is 0 Å². The summed E-state index contributed by atoms with van der Waals surface area (Å²) >= 11 is 0. The fraction of sp³-hybridized carbons (Fsp3) is 1.00. The molecule has 1 aliphatic heterocycles. The van der Waals surface area contributed by atoms with Crippen LogP contribution >= 0.6 is 0 Å². The van der Waals surface area contributed by atoms with Crippen LogP contribution in [0.4, 0.5) is 0 Å². The van der Waals surface area contributed by atoms with Gasteiger partial charge in [-0.15, -0.1) is 0 Å². The minimum absolute atomic E-state index is 0.129. The van der Waals surface area contributed by atoms with Crippen molar-refractivity contribution in [2.45, 2.75) is 71.7 Å². The summed E-state index contributed by atoms with van der Waals surface area (Å²) in [5, 5.41) is 8.66. The minimum Gasteiger partial charge on any atom is -0.347 e. The van der Waals surface area contributed by atoms with E-state index < -0.39 is 0 Å². The predicted molar refractivity (Wildman–Crippen MR) is 78.5 cm³/mol. The summed E-state index contributed by atoms with van der Waals surface area (Å²) in [6.45, 7) is 10.7. The van der Waals surface area contributed by atoms with E-state index in [9.17, 15) is 0 Å². The molecule has 0 aromatic rings. The molecule has 1 atom stereocenters. The average molecular weight is 285 g/mol. The summed E-state index contributed by atoms with van der Waals surface area (Å²) in [4.78, 5) is 0. The van der Waals surface area contributed by atoms with Gasteiger partial charge in [0.2, 0.25) is 0 Å². The zero-order valence-corrected chi connectivity index (χ0v) is 13.4. The maximum atomic E-state index is 8.66. The van der Waals surface area contributed by atoms with Crippen molar-refractivity contribution >= 4 is 0 Å². The molecule has 1 heterocycles. The molecule has 1 aliphatic carbocycles. The molecule has 0 bridgehead atoms. The van der Waals surface area contributed by atoms with E-state index in [1.54, 1.807) is 0 Å². The second-order valence-electron chi connectivity index (χ2n) is 7.41. The molecule has 118 valence electrons. The topological polar surface area (TPSA) is 50.7 Å². The first kappa shape index (κ1) is 16.2. The normalized spacial score (nSPS) is 35.1. The molecule has 1 unspecified atom stereocenters. The van der Waals surface area contributed by atoms with Gasteiger partial charge in [-0.1, -0.05) is 27.7 Å². The van der Waals surface area contributed by atoms with Gasteiger partial charge in [0.25, 0.3) is 0 Å². The summed E-state index contributed by atoms with van der Waals surface area (Å²) in [6, 6.07) is 0. The zero-order chi connectivity index (χ0) is 14.8. The van der Waals surface area contributed by atoms with Crippen LogP contribution in [0.5, 0.6) is 0 Å². The lowest BCUT2D eigenvalue weighted by Crippen LogP contribution is -2.41. The summed E-state index contributed by atoms with van der Waals surface area (Å²) in [6.07, 6.45) is 5.34. The van der Waals surface area contributed by atoms with Crippen molar-refractivity contribution in [1.82, 2.24) is 5.48 Å². The first-order valence-electron chi connectivity index (χ1n) is 8.08. The Morgan fingerprint density at radius 2 is 1.95 bits per heavy atom. The highest BCUT2D eigenvalue weighted by atomic mass is 16.7. The van der Waals surface area contributed by atoms with Crippen LogP contribution in [0.2, 0.25) is 0 Å². The van der Waals surface area contributed by atoms with Gasteiger partial charge in [-0.3, -0.25) is 0 Å². The molecule has 2 aliphatic rings. The smallest absolute Gasteiger partial charge is 0.168 e. The Hall–Kier alpha value is -0.160. The molecule has 0 amide bonds. The van der Waals surface area contributed by atoms with Crippen LogP contribution in [0.15, 0.2) is 0 Å². The van der Waals surface area contributed by atoms with Gasteiger partial charge in [0.05, 0.1) is 12.7 Å². The molecule has 0 radical (unpaired) electrons. The molecular formula is C16H31NO3. The fourth-order valence-electron chi connectivity index (χ4n) is 3.52. The van der Waals surface area contributed by atoms with Crippen LogP contribution in [0.1, 0.15) is 59.8 Å². The maximum Gasteiger partial charge on any atom is 0.168 e. The predicted octanol–water partition coefficient (Wildman–Crippen LogP) is 3.34. The third-order valence-corrected chi connectivity index (χ3v) is 5.78. The highest BCUT2D eigenvalue weighted by Crippen LogP contribution is 2.48. The van der Waals surface area contributed by atoms with Gasteiger partial charge in [-0.2, -0.15) is 0 Å². The van der Waals surface area contributed by atoms with Crippen LogP contribution < -0.4 is 5.48 Å². The van der Waals surface area contributed by atoms with Gasteiger partial charge >= 0.3 is 0 Å². The molecule has 0 aromatic heterocycles. The molecule has 4 nitrogen and oxygen atoms in total. The highest BCUT2D eigenvalue weighted by molar-refractivity contribution is 4.91. The lowest BCUT2D eigenvalue weighted by molar-refractivity contribution is -0.198. The second kappa shape index (κ2) is 6.30. The number of ether oxygens (including phenoxy) is 2. The third-order valence-electron chi connectivity index (χ3n) is 5.78. The number of hydrogen-bond donors (Lipinski definition) is 2. The minimum atomic E-state index is -0.330. The van der Waals surface area contributed by atoms with Crippen LogP contribution in [-0.4, -0.2) is 30.2 Å². The quantitative estimate of drug-likeness (QED) is 0.761. The van der Waals surface area contributed by atoms with E-state index in [1.807, 2.05) is 0 Å². The van der Waals surface area contributed by atoms with Gasteiger partial charge in [-0.25, -0.2) is 5.48 Å². The van der Waals surface area contributed by atoms with E-state index in [2.05, 4.69) is 33.2 Å². The molecule has 1 spiro atoms. The summed E-state index contributed by atoms with van der Waals surface area (Å²) in [7, 11) is 0. The molecule has 4 heteroatoms. The summed E-state index contributed by atoms with van der Waals surface area (Å²) in [5.41, 5.74) is 2.58. The van der Waals surface area contributed by atoms with Gasteiger partial charge in [0, 0.05) is 19.4 Å². The molecular weight excluding hydrogens is 254 g/mol. The largest absolute Gasteiger partial charge is 0.347 e. The molecule has 2 rings (SSSR count). The standard InChI is InChI=1S/C16H31NO3/c1-12(2)15(3,4)13-5-8-16(9-6-13)19-11-14(20-16)7-10-17-18/h12-14,17-18H,5-11H2,1-4H3. The fourth-order valence-corrected chi connectivity index (χ4v) is 3.52. The summed E-state index contributed by atoms with van der Waals surface area (Å²) < 4.78 is 12.1. The molecule has 2 N–H and O–H groups in total. The SMILES string of the molecule is CC(C)C(C)(C)C1CCC2(CC1)OCC(CCNO)O2. The highest BCUT2D eigenvalue weighted by Gasteiger charge is 2.46. The van der Waals surface area contributed by atoms with Crippen LogP contribution in [0, 0.1) is 17.3 Å². The molecule has 0 aromatic carbocycles. The zero-order valence-electron chi connectivity index (χ0n) is 13.4. The van der Waals surface area contributed by atoms with Crippen LogP contribution in [0.3, 0.4) is 0 Å². The Labute approximate surface area is 123 Å². The lowest BCUT2D eigenvalue weighted by Gasteiger charge is -2.44. The van der Waals surface area contributed by atoms with Crippen molar-refractivity contribution in [3.05, 3.63) is 0 Å².